The van der Waals surface area contributed by atoms with Gasteiger partial charge in [0.1, 0.15) is 42.4 Å². The highest BCUT2D eigenvalue weighted by Crippen LogP contribution is 2.61. The molecule has 0 saturated carbocycles. The van der Waals surface area contributed by atoms with Crippen LogP contribution in [0.1, 0.15) is 52.7 Å². The van der Waals surface area contributed by atoms with Crippen molar-refractivity contribution in [2.45, 2.75) is 83.2 Å². The molecule has 25 nitrogen and oxygen atoms in total. The van der Waals surface area contributed by atoms with E-state index in [9.17, 15) is 63.0 Å². The van der Waals surface area contributed by atoms with E-state index in [-0.39, 0.29) is 48.7 Å². The van der Waals surface area contributed by atoms with Gasteiger partial charge in [-0.25, -0.2) is 28.6 Å². The number of phosphoric ester groups is 3. The molecule has 8 atom stereocenters. The standard InChI is InChI=1S/C29H48N7O18P3S/c1-4-5-6-7-8-17(37)28(42)58-12-11-31-19(38)9-10-32-26(41)23(40)29(2,3)14-51-57(48,49)54-56(46,47)50-13-18-22(53-55(43,44)45)21(39)27(52-18)36-16-35-20-24(30)33-15-34-25(20)36/h5-6,15-18,21-23,27,37,39-40H,4,7-14H2,1-3H3,(H,31,38)(H,32,41)(H,46,47)(H,48,49)(H2,30,33,34)(H2,43,44,45)/b6-5+. The predicted octanol–water partition coefficient (Wildman–Crippen LogP) is -0.228. The number of amides is 2. The number of aromatic nitrogens is 4. The lowest BCUT2D eigenvalue weighted by Gasteiger charge is -2.30. The average Bonchev–Trinajstić information content (AvgIpc) is 3.69. The number of hydrogen-bond acceptors (Lipinski definition) is 19. The van der Waals surface area contributed by atoms with Crippen molar-refractivity contribution < 1.29 is 85.6 Å². The third kappa shape index (κ3) is 15.4. The molecular formula is C29H48N7O18P3S. The Hall–Kier alpha value is -2.74. The Morgan fingerprint density at radius 3 is 2.41 bits per heavy atom. The molecule has 328 valence electrons. The Morgan fingerprint density at radius 2 is 1.74 bits per heavy atom. The van der Waals surface area contributed by atoms with E-state index in [0.29, 0.717) is 6.42 Å². The highest BCUT2D eigenvalue weighted by molar-refractivity contribution is 8.13. The molecule has 0 aliphatic carbocycles. The number of carbonyl (C=O) groups excluding carboxylic acids is 3. The van der Waals surface area contributed by atoms with Crippen LogP contribution in [0.5, 0.6) is 0 Å². The van der Waals surface area contributed by atoms with Crippen molar-refractivity contribution in [2.24, 2.45) is 5.41 Å². The summed E-state index contributed by atoms with van der Waals surface area (Å²) in [6.45, 7) is 2.27. The minimum absolute atomic E-state index is 0.0251. The highest BCUT2D eigenvalue weighted by atomic mass is 32.2. The SMILES string of the molecule is CC/C=C/CCC(O)C(=O)SCCNC(=O)CCNC(=O)C(O)C(C)(C)COP(=O)(O)OP(=O)(O)OCC1OC(n2cnc3c(N)ncnc32)C(O)C1OP(=O)(O)O. The van der Waals surface area contributed by atoms with Gasteiger partial charge in [0.25, 0.3) is 0 Å². The average molecular weight is 908 g/mol. The maximum Gasteiger partial charge on any atom is 0.481 e. The van der Waals surface area contributed by atoms with E-state index >= 15 is 0 Å². The Labute approximate surface area is 335 Å². The Balaban J connectivity index is 1.46. The summed E-state index contributed by atoms with van der Waals surface area (Å²) in [6.07, 6.45) is -2.65. The summed E-state index contributed by atoms with van der Waals surface area (Å²) in [5.74, 6) is -1.33. The van der Waals surface area contributed by atoms with E-state index in [1.165, 1.54) is 13.8 Å². The Morgan fingerprint density at radius 1 is 1.05 bits per heavy atom. The second kappa shape index (κ2) is 21.7. The molecular weight excluding hydrogens is 859 g/mol. The molecule has 3 heterocycles. The first-order valence-electron chi connectivity index (χ1n) is 17.4. The van der Waals surface area contributed by atoms with Gasteiger partial charge in [0, 0.05) is 30.7 Å². The van der Waals surface area contributed by atoms with Gasteiger partial charge in [0.2, 0.25) is 16.9 Å². The van der Waals surface area contributed by atoms with Gasteiger partial charge >= 0.3 is 23.5 Å². The number of anilines is 1. The van der Waals surface area contributed by atoms with Crippen molar-refractivity contribution in [3.05, 3.63) is 24.8 Å². The number of allylic oxidation sites excluding steroid dienone is 2. The zero-order chi connectivity index (χ0) is 43.5. The summed E-state index contributed by atoms with van der Waals surface area (Å²) in [5, 5.41) is 35.8. The summed E-state index contributed by atoms with van der Waals surface area (Å²) in [7, 11) is -16.4. The maximum absolute atomic E-state index is 12.7. The molecule has 2 amide bonds. The molecule has 58 heavy (non-hydrogen) atoms. The van der Waals surface area contributed by atoms with Crippen LogP contribution in [0.3, 0.4) is 0 Å². The second-order valence-corrected chi connectivity index (χ2v) is 18.5. The van der Waals surface area contributed by atoms with Gasteiger partial charge in [-0.1, -0.05) is 44.7 Å². The van der Waals surface area contributed by atoms with Crippen LogP contribution in [0.2, 0.25) is 0 Å². The zero-order valence-electron chi connectivity index (χ0n) is 31.4. The number of phosphoric acid groups is 3. The van der Waals surface area contributed by atoms with Gasteiger partial charge in [-0.15, -0.1) is 0 Å². The molecule has 0 bridgehead atoms. The molecule has 11 N–H and O–H groups in total. The van der Waals surface area contributed by atoms with E-state index in [4.69, 9.17) is 19.5 Å². The summed E-state index contributed by atoms with van der Waals surface area (Å²) < 4.78 is 62.1. The molecule has 8 unspecified atom stereocenters. The molecule has 29 heteroatoms. The van der Waals surface area contributed by atoms with Gasteiger partial charge < -0.3 is 56.0 Å². The Bertz CT molecular complexity index is 1900. The van der Waals surface area contributed by atoms with Gasteiger partial charge in [-0.3, -0.25) is 32.5 Å². The number of rotatable bonds is 24. The number of hydrogen-bond donors (Lipinski definition) is 10. The molecule has 0 spiro atoms. The molecule has 1 aliphatic rings. The second-order valence-electron chi connectivity index (χ2n) is 13.2. The third-order valence-electron chi connectivity index (χ3n) is 8.03. The van der Waals surface area contributed by atoms with Crippen LogP contribution >= 0.6 is 35.2 Å². The van der Waals surface area contributed by atoms with Gasteiger partial charge in [-0.05, 0) is 19.3 Å². The van der Waals surface area contributed by atoms with Crippen LogP contribution in [0.4, 0.5) is 5.82 Å². The first-order valence-corrected chi connectivity index (χ1v) is 22.9. The van der Waals surface area contributed by atoms with Gasteiger partial charge in [0.05, 0.1) is 19.5 Å². The predicted molar refractivity (Wildman–Crippen MR) is 202 cm³/mol. The number of ether oxygens (including phenoxy) is 1. The monoisotopic (exact) mass is 907 g/mol. The first kappa shape index (κ1) is 49.6. The minimum atomic E-state index is -5.58. The molecule has 2 aromatic heterocycles. The van der Waals surface area contributed by atoms with Crippen LogP contribution < -0.4 is 16.4 Å². The Kier molecular flexibility index (Phi) is 18.5. The van der Waals surface area contributed by atoms with E-state index in [1.54, 1.807) is 0 Å². The van der Waals surface area contributed by atoms with Crippen molar-refractivity contribution in [2.75, 3.05) is 37.8 Å². The van der Waals surface area contributed by atoms with Crippen molar-refractivity contribution in [3.8, 4) is 0 Å². The normalized spacial score (nSPS) is 22.0. The molecule has 1 fully saturated rings. The van der Waals surface area contributed by atoms with Crippen LogP contribution in [0, 0.1) is 5.41 Å². The lowest BCUT2D eigenvalue weighted by molar-refractivity contribution is -0.137. The number of thioether (sulfide) groups is 1. The van der Waals surface area contributed by atoms with Crippen molar-refractivity contribution in [1.82, 2.24) is 30.2 Å². The molecule has 2 aromatic rings. The number of nitrogens with two attached hydrogens (primary N) is 1. The number of aliphatic hydroxyl groups is 3. The zero-order valence-corrected chi connectivity index (χ0v) is 34.9. The van der Waals surface area contributed by atoms with Gasteiger partial charge in [-0.2, -0.15) is 4.31 Å². The quantitative estimate of drug-likeness (QED) is 0.0369. The fourth-order valence-electron chi connectivity index (χ4n) is 5.03. The van der Waals surface area contributed by atoms with Crippen LogP contribution in [-0.2, 0) is 50.7 Å². The first-order chi connectivity index (χ1) is 27.0. The van der Waals surface area contributed by atoms with Crippen LogP contribution in [-0.4, -0.2) is 134 Å². The van der Waals surface area contributed by atoms with E-state index < -0.39 is 95.8 Å². The maximum atomic E-state index is 12.7. The number of nitrogen functional groups attached to an aromatic ring is 1. The van der Waals surface area contributed by atoms with E-state index in [0.717, 1.165) is 35.4 Å². The lowest BCUT2D eigenvalue weighted by Crippen LogP contribution is -2.46. The highest BCUT2D eigenvalue weighted by Gasteiger charge is 2.50. The molecule has 1 aliphatic heterocycles. The number of nitrogens with zero attached hydrogens (tertiary/aromatic N) is 4. The van der Waals surface area contributed by atoms with Crippen LogP contribution in [0.15, 0.2) is 24.8 Å². The molecule has 0 aromatic carbocycles. The topological polar surface area (TPSA) is 384 Å². The van der Waals surface area contributed by atoms with Gasteiger partial charge in [0.15, 0.2) is 17.7 Å². The summed E-state index contributed by atoms with van der Waals surface area (Å²) in [4.78, 5) is 87.6. The lowest BCUT2D eigenvalue weighted by atomic mass is 9.87. The number of nitrogens with one attached hydrogen (secondary N) is 2. The van der Waals surface area contributed by atoms with Crippen molar-refractivity contribution in [1.29, 1.82) is 0 Å². The minimum Gasteiger partial charge on any atom is -0.386 e. The number of fused-ring (bicyclic) bond motifs is 1. The number of carbonyl (C=O) groups is 3. The molecule has 0 radical (unpaired) electrons. The smallest absolute Gasteiger partial charge is 0.386 e. The number of imidazole rings is 1. The van der Waals surface area contributed by atoms with E-state index in [1.807, 2.05) is 19.1 Å². The fourth-order valence-corrected chi connectivity index (χ4v) is 8.58. The summed E-state index contributed by atoms with van der Waals surface area (Å²) >= 11 is 0.868. The number of aliphatic hydroxyl groups excluding tert-OH is 3. The summed E-state index contributed by atoms with van der Waals surface area (Å²) in [6, 6.07) is 0. The fraction of sp³-hybridized carbons (Fsp3) is 0.655. The van der Waals surface area contributed by atoms with Crippen molar-refractivity contribution in [3.63, 3.8) is 0 Å². The summed E-state index contributed by atoms with van der Waals surface area (Å²) in [5.41, 5.74) is 4.23. The third-order valence-corrected chi connectivity index (χ3v) is 12.1. The largest absolute Gasteiger partial charge is 0.481 e. The molecule has 3 rings (SSSR count). The van der Waals surface area contributed by atoms with Crippen LogP contribution in [0.25, 0.3) is 11.2 Å². The van der Waals surface area contributed by atoms with E-state index in [2.05, 4.69) is 34.4 Å². The molecule has 1 saturated heterocycles. The van der Waals surface area contributed by atoms with Crippen molar-refractivity contribution >= 4 is 69.1 Å².